The normalized spacial score (nSPS) is 27.2. The first-order chi connectivity index (χ1) is 8.27. The molecule has 1 saturated carbocycles. The van der Waals surface area contributed by atoms with Crippen molar-refractivity contribution in [2.75, 3.05) is 19.6 Å². The second-order valence-corrected chi connectivity index (χ2v) is 5.41. The highest BCUT2D eigenvalue weighted by atomic mass is 16.1. The van der Waals surface area contributed by atoms with Crippen LogP contribution in [0.25, 0.3) is 0 Å². The van der Waals surface area contributed by atoms with E-state index in [1.807, 2.05) is 0 Å². The van der Waals surface area contributed by atoms with Gasteiger partial charge in [-0.25, -0.2) is 0 Å². The van der Waals surface area contributed by atoms with Gasteiger partial charge in [0.15, 0.2) is 0 Å². The lowest BCUT2D eigenvalue weighted by atomic mass is 10.0. The summed E-state index contributed by atoms with van der Waals surface area (Å²) in [6, 6.07) is 1.16. The van der Waals surface area contributed by atoms with Crippen LogP contribution >= 0.6 is 0 Å². The van der Waals surface area contributed by atoms with Crippen LogP contribution < -0.4 is 11.1 Å². The highest BCUT2D eigenvalue weighted by Crippen LogP contribution is 2.27. The Kier molecular flexibility index (Phi) is 4.80. The number of hydrogen-bond acceptors (Lipinski definition) is 3. The molecule has 0 radical (unpaired) electrons. The minimum atomic E-state index is -0.172. The van der Waals surface area contributed by atoms with E-state index >= 15 is 0 Å². The number of nitrogens with one attached hydrogen (secondary N) is 1. The number of nitrogens with two attached hydrogens (primary N) is 1. The Morgan fingerprint density at radius 3 is 2.41 bits per heavy atom. The van der Waals surface area contributed by atoms with E-state index in [0.717, 1.165) is 19.5 Å². The fraction of sp³-hybridized carbons (Fsp3) is 0.923. The molecule has 1 heterocycles. The molecule has 0 aromatic rings. The lowest BCUT2D eigenvalue weighted by Crippen LogP contribution is -2.46. The van der Waals surface area contributed by atoms with Crippen LogP contribution in [-0.2, 0) is 4.79 Å². The molecule has 1 saturated heterocycles. The molecule has 4 nitrogen and oxygen atoms in total. The smallest absolute Gasteiger partial charge is 0.231 e. The van der Waals surface area contributed by atoms with E-state index in [1.165, 1.54) is 38.5 Å². The lowest BCUT2D eigenvalue weighted by molar-refractivity contribution is -0.120. The van der Waals surface area contributed by atoms with Crippen LogP contribution in [0, 0.1) is 0 Å². The molecule has 2 aliphatic rings. The van der Waals surface area contributed by atoms with Crippen molar-refractivity contribution >= 4 is 5.91 Å². The second kappa shape index (κ2) is 6.36. The Balaban J connectivity index is 1.98. The van der Waals surface area contributed by atoms with Gasteiger partial charge < -0.3 is 11.1 Å². The summed E-state index contributed by atoms with van der Waals surface area (Å²) in [7, 11) is 0. The number of nitrogens with zero attached hydrogens (tertiary/aromatic N) is 1. The molecule has 3 N–H and O–H groups in total. The van der Waals surface area contributed by atoms with Crippen LogP contribution in [0.4, 0.5) is 0 Å². The Labute approximate surface area is 104 Å². The van der Waals surface area contributed by atoms with Gasteiger partial charge in [-0.3, -0.25) is 9.69 Å². The lowest BCUT2D eigenvalue weighted by Gasteiger charge is -2.35. The molecule has 1 aliphatic carbocycles. The average Bonchev–Trinajstić information content (AvgIpc) is 2.68. The van der Waals surface area contributed by atoms with Gasteiger partial charge >= 0.3 is 0 Å². The zero-order valence-corrected chi connectivity index (χ0v) is 10.7. The number of carbonyl (C=O) groups is 1. The van der Waals surface area contributed by atoms with Gasteiger partial charge in [0.25, 0.3) is 0 Å². The molecule has 0 bridgehead atoms. The number of hydrogen-bond donors (Lipinski definition) is 2. The van der Waals surface area contributed by atoms with Gasteiger partial charge in [0.1, 0.15) is 0 Å². The van der Waals surface area contributed by atoms with E-state index in [4.69, 9.17) is 5.73 Å². The molecule has 4 heteroatoms. The van der Waals surface area contributed by atoms with Crippen LogP contribution in [0.2, 0.25) is 0 Å². The predicted molar refractivity (Wildman–Crippen MR) is 68.7 cm³/mol. The number of carbonyl (C=O) groups excluding carboxylic acids is 1. The van der Waals surface area contributed by atoms with Gasteiger partial charge in [0, 0.05) is 12.1 Å². The molecule has 1 unspecified atom stereocenters. The average molecular weight is 239 g/mol. The third kappa shape index (κ3) is 3.68. The number of rotatable bonds is 4. The molecule has 1 aliphatic heterocycles. The first-order valence-corrected chi connectivity index (χ1v) is 7.02. The molecule has 0 spiro atoms. The number of amides is 1. The summed E-state index contributed by atoms with van der Waals surface area (Å²) in [6.45, 7) is 2.65. The summed E-state index contributed by atoms with van der Waals surface area (Å²) >= 11 is 0. The number of primary amides is 1. The van der Waals surface area contributed by atoms with Gasteiger partial charge in [-0.1, -0.05) is 12.8 Å². The van der Waals surface area contributed by atoms with E-state index in [9.17, 15) is 4.79 Å². The first-order valence-electron chi connectivity index (χ1n) is 7.02. The fourth-order valence-electron chi connectivity index (χ4n) is 3.30. The molecule has 1 atom stereocenters. The summed E-state index contributed by atoms with van der Waals surface area (Å²) < 4.78 is 0. The van der Waals surface area contributed by atoms with E-state index in [0.29, 0.717) is 18.6 Å². The Morgan fingerprint density at radius 2 is 1.71 bits per heavy atom. The maximum Gasteiger partial charge on any atom is 0.231 e. The summed E-state index contributed by atoms with van der Waals surface area (Å²) in [6.07, 6.45) is 8.69. The van der Waals surface area contributed by atoms with Crippen molar-refractivity contribution in [1.29, 1.82) is 0 Å². The zero-order chi connectivity index (χ0) is 12.1. The van der Waals surface area contributed by atoms with E-state index in [1.54, 1.807) is 0 Å². The Morgan fingerprint density at radius 1 is 1.06 bits per heavy atom. The fourth-order valence-corrected chi connectivity index (χ4v) is 3.30. The summed E-state index contributed by atoms with van der Waals surface area (Å²) in [5, 5.41) is 3.43. The predicted octanol–water partition coefficient (Wildman–Crippen LogP) is 0.858. The van der Waals surface area contributed by atoms with Gasteiger partial charge in [-0.15, -0.1) is 0 Å². The van der Waals surface area contributed by atoms with Crippen molar-refractivity contribution in [1.82, 2.24) is 10.2 Å². The molecule has 2 rings (SSSR count). The molecule has 0 aromatic heterocycles. The van der Waals surface area contributed by atoms with E-state index in [-0.39, 0.29) is 5.91 Å². The molecule has 2 fully saturated rings. The van der Waals surface area contributed by atoms with Crippen LogP contribution in [0.5, 0.6) is 0 Å². The van der Waals surface area contributed by atoms with Crippen molar-refractivity contribution in [3.63, 3.8) is 0 Å². The van der Waals surface area contributed by atoms with Gasteiger partial charge in [-0.05, 0) is 45.2 Å². The van der Waals surface area contributed by atoms with Gasteiger partial charge in [0.05, 0.1) is 6.54 Å². The highest BCUT2D eigenvalue weighted by Gasteiger charge is 2.29. The minimum Gasteiger partial charge on any atom is -0.369 e. The maximum absolute atomic E-state index is 11.3. The quantitative estimate of drug-likeness (QED) is 0.765. The maximum atomic E-state index is 11.3. The molecule has 17 heavy (non-hydrogen) atoms. The van der Waals surface area contributed by atoms with Gasteiger partial charge in [-0.2, -0.15) is 0 Å². The molecule has 1 amide bonds. The highest BCUT2D eigenvalue weighted by molar-refractivity contribution is 5.76. The van der Waals surface area contributed by atoms with E-state index in [2.05, 4.69) is 10.2 Å². The van der Waals surface area contributed by atoms with Crippen molar-refractivity contribution in [2.45, 2.75) is 57.0 Å². The third-order valence-electron chi connectivity index (χ3n) is 4.15. The van der Waals surface area contributed by atoms with Crippen molar-refractivity contribution in [3.8, 4) is 0 Å². The van der Waals surface area contributed by atoms with Gasteiger partial charge in [0.2, 0.25) is 5.91 Å². The molecular formula is C13H25N3O. The van der Waals surface area contributed by atoms with Crippen LogP contribution in [0.3, 0.4) is 0 Å². The van der Waals surface area contributed by atoms with Crippen LogP contribution in [0.15, 0.2) is 0 Å². The second-order valence-electron chi connectivity index (χ2n) is 5.41. The van der Waals surface area contributed by atoms with Crippen molar-refractivity contribution in [2.24, 2.45) is 5.73 Å². The van der Waals surface area contributed by atoms with E-state index < -0.39 is 0 Å². The Hall–Kier alpha value is -0.610. The molecule has 0 aromatic carbocycles. The van der Waals surface area contributed by atoms with Crippen molar-refractivity contribution < 1.29 is 4.79 Å². The standard InChI is InChI=1S/C13H25N3O/c14-13(17)10-16(11-4-1-2-5-11)12-6-3-8-15-9-7-12/h11-12,15H,1-10H2,(H2,14,17). The third-order valence-corrected chi connectivity index (χ3v) is 4.15. The first kappa shape index (κ1) is 12.8. The minimum absolute atomic E-state index is 0.172. The molecular weight excluding hydrogens is 214 g/mol. The van der Waals surface area contributed by atoms with Crippen LogP contribution in [-0.4, -0.2) is 42.5 Å². The summed E-state index contributed by atoms with van der Waals surface area (Å²) in [4.78, 5) is 13.7. The van der Waals surface area contributed by atoms with Crippen molar-refractivity contribution in [3.05, 3.63) is 0 Å². The zero-order valence-electron chi connectivity index (χ0n) is 10.7. The Bertz CT molecular complexity index is 243. The topological polar surface area (TPSA) is 58.4 Å². The largest absolute Gasteiger partial charge is 0.369 e. The van der Waals surface area contributed by atoms with Crippen LogP contribution in [0.1, 0.15) is 44.9 Å². The summed E-state index contributed by atoms with van der Waals surface area (Å²) in [5.74, 6) is -0.172. The molecule has 98 valence electrons. The SMILES string of the molecule is NC(=O)CN(C1CCCC1)C1CCCNCC1. The summed E-state index contributed by atoms with van der Waals surface area (Å²) in [5.41, 5.74) is 5.41. The monoisotopic (exact) mass is 239 g/mol.